The van der Waals surface area contributed by atoms with E-state index in [1.165, 1.54) is 0 Å². The van der Waals surface area contributed by atoms with Gasteiger partial charge in [-0.2, -0.15) is 0 Å². The quantitative estimate of drug-likeness (QED) is 0.498. The number of hydrogen-bond acceptors (Lipinski definition) is 6. The number of carbonyl (C=O) groups is 1. The minimum absolute atomic E-state index is 0.126. The lowest BCUT2D eigenvalue weighted by Gasteiger charge is -2.21. The van der Waals surface area contributed by atoms with Crippen LogP contribution in [-0.2, 0) is 6.54 Å². The van der Waals surface area contributed by atoms with Crippen LogP contribution < -0.4 is 9.47 Å². The highest BCUT2D eigenvalue weighted by atomic mass is 32.1. The molecular weight excluding hydrogens is 434 g/mol. The molecule has 2 aromatic carbocycles. The van der Waals surface area contributed by atoms with Gasteiger partial charge in [0.2, 0.25) is 0 Å². The number of methoxy groups -OCH3 is 1. The fourth-order valence-corrected chi connectivity index (χ4v) is 4.92. The molecule has 3 aromatic rings. The summed E-state index contributed by atoms with van der Waals surface area (Å²) in [5, 5.41) is 3.09. The molecule has 2 heterocycles. The van der Waals surface area contributed by atoms with E-state index in [0.717, 1.165) is 78.0 Å². The van der Waals surface area contributed by atoms with E-state index in [1.54, 1.807) is 18.4 Å². The van der Waals surface area contributed by atoms with Gasteiger partial charge in [0, 0.05) is 49.2 Å². The fraction of sp³-hybridized carbons (Fsp3) is 0.385. The zero-order valence-corrected chi connectivity index (χ0v) is 20.4. The van der Waals surface area contributed by atoms with E-state index in [0.29, 0.717) is 6.61 Å². The Balaban J connectivity index is 1.38. The van der Waals surface area contributed by atoms with Gasteiger partial charge in [0.1, 0.15) is 5.01 Å². The van der Waals surface area contributed by atoms with Crippen molar-refractivity contribution in [2.45, 2.75) is 26.8 Å². The highest BCUT2D eigenvalue weighted by Crippen LogP contribution is 2.34. The molecule has 4 rings (SSSR count). The molecule has 1 saturated heterocycles. The fourth-order valence-electron chi connectivity index (χ4n) is 4.11. The Labute approximate surface area is 199 Å². The van der Waals surface area contributed by atoms with Crippen molar-refractivity contribution in [2.75, 3.05) is 39.9 Å². The van der Waals surface area contributed by atoms with Gasteiger partial charge in [-0.3, -0.25) is 9.69 Å². The van der Waals surface area contributed by atoms with Gasteiger partial charge in [0.25, 0.3) is 5.91 Å². The van der Waals surface area contributed by atoms with E-state index in [1.807, 2.05) is 61.2 Å². The molecular formula is C26H31N3O3S. The minimum atomic E-state index is 0.126. The number of benzene rings is 2. The van der Waals surface area contributed by atoms with Crippen molar-refractivity contribution in [3.63, 3.8) is 0 Å². The third-order valence-electron chi connectivity index (χ3n) is 5.79. The molecule has 6 nitrogen and oxygen atoms in total. The summed E-state index contributed by atoms with van der Waals surface area (Å²) >= 11 is 1.64. The molecule has 1 fully saturated rings. The Kier molecular flexibility index (Phi) is 7.62. The normalized spacial score (nSPS) is 14.7. The van der Waals surface area contributed by atoms with Gasteiger partial charge in [-0.1, -0.05) is 17.7 Å². The predicted octanol–water partition coefficient (Wildman–Crippen LogP) is 4.87. The lowest BCUT2D eigenvalue weighted by Crippen LogP contribution is -2.35. The molecule has 0 unspecified atom stereocenters. The Bertz CT molecular complexity index is 1100. The van der Waals surface area contributed by atoms with Crippen LogP contribution in [0.5, 0.6) is 11.5 Å². The maximum atomic E-state index is 12.9. The summed E-state index contributed by atoms with van der Waals surface area (Å²) in [6, 6.07) is 13.8. The second kappa shape index (κ2) is 10.8. The van der Waals surface area contributed by atoms with Gasteiger partial charge in [-0.25, -0.2) is 4.98 Å². The van der Waals surface area contributed by atoms with Crippen molar-refractivity contribution >= 4 is 17.2 Å². The molecule has 174 valence electrons. The van der Waals surface area contributed by atoms with Gasteiger partial charge in [0.15, 0.2) is 11.5 Å². The average molecular weight is 466 g/mol. The predicted molar refractivity (Wildman–Crippen MR) is 132 cm³/mol. The molecule has 1 amide bonds. The molecule has 1 aromatic heterocycles. The molecule has 0 radical (unpaired) electrons. The van der Waals surface area contributed by atoms with Crippen LogP contribution >= 0.6 is 11.3 Å². The number of ether oxygens (including phenoxy) is 2. The number of amides is 1. The Morgan fingerprint density at radius 2 is 1.97 bits per heavy atom. The van der Waals surface area contributed by atoms with E-state index >= 15 is 0 Å². The van der Waals surface area contributed by atoms with Gasteiger partial charge in [-0.15, -0.1) is 11.3 Å². The Hall–Kier alpha value is -2.90. The van der Waals surface area contributed by atoms with Crippen LogP contribution in [0.3, 0.4) is 0 Å². The second-order valence-electron chi connectivity index (χ2n) is 8.23. The number of carbonyl (C=O) groups excluding carboxylic acids is 1. The first kappa shape index (κ1) is 23.3. The third-order valence-corrected chi connectivity index (χ3v) is 6.73. The van der Waals surface area contributed by atoms with Crippen molar-refractivity contribution in [3.05, 3.63) is 64.7 Å². The zero-order chi connectivity index (χ0) is 23.2. The largest absolute Gasteiger partial charge is 0.493 e. The maximum Gasteiger partial charge on any atom is 0.253 e. The molecule has 1 aliphatic heterocycles. The van der Waals surface area contributed by atoms with Crippen LogP contribution in [0.1, 0.15) is 35.0 Å². The van der Waals surface area contributed by atoms with Crippen LogP contribution in [0.15, 0.2) is 47.8 Å². The summed E-state index contributed by atoms with van der Waals surface area (Å²) in [6.45, 7) is 8.70. The summed E-state index contributed by atoms with van der Waals surface area (Å²) in [5.41, 5.74) is 3.97. The molecule has 7 heteroatoms. The Morgan fingerprint density at radius 1 is 1.09 bits per heavy atom. The van der Waals surface area contributed by atoms with Crippen molar-refractivity contribution in [3.8, 4) is 22.1 Å². The standard InChI is InChI=1S/C26H31N3O3S/c1-4-32-23-10-9-20(16-24(23)31-3)25-27-22(18-33-25)17-28-11-6-12-29(14-13-28)26(30)21-8-5-7-19(2)15-21/h5,7-10,15-16,18H,4,6,11-14,17H2,1-3H3. The smallest absolute Gasteiger partial charge is 0.253 e. The van der Waals surface area contributed by atoms with E-state index in [4.69, 9.17) is 14.5 Å². The first-order valence-electron chi connectivity index (χ1n) is 11.4. The number of thiazole rings is 1. The van der Waals surface area contributed by atoms with E-state index in [2.05, 4.69) is 10.3 Å². The number of aryl methyl sites for hydroxylation is 1. The summed E-state index contributed by atoms with van der Waals surface area (Å²) in [4.78, 5) is 22.2. The van der Waals surface area contributed by atoms with Crippen molar-refractivity contribution < 1.29 is 14.3 Å². The third kappa shape index (κ3) is 5.72. The molecule has 0 N–H and O–H groups in total. The minimum Gasteiger partial charge on any atom is -0.493 e. The number of aromatic nitrogens is 1. The van der Waals surface area contributed by atoms with Crippen LogP contribution in [0.2, 0.25) is 0 Å². The van der Waals surface area contributed by atoms with E-state index in [-0.39, 0.29) is 5.91 Å². The zero-order valence-electron chi connectivity index (χ0n) is 19.5. The van der Waals surface area contributed by atoms with Crippen LogP contribution in [0.4, 0.5) is 0 Å². The Morgan fingerprint density at radius 3 is 2.76 bits per heavy atom. The maximum absolute atomic E-state index is 12.9. The average Bonchev–Trinajstić information content (AvgIpc) is 3.16. The number of nitrogens with zero attached hydrogens (tertiary/aromatic N) is 3. The summed E-state index contributed by atoms with van der Waals surface area (Å²) < 4.78 is 11.1. The highest BCUT2D eigenvalue weighted by Gasteiger charge is 2.21. The lowest BCUT2D eigenvalue weighted by molar-refractivity contribution is 0.0761. The molecule has 0 bridgehead atoms. The van der Waals surface area contributed by atoms with E-state index < -0.39 is 0 Å². The topological polar surface area (TPSA) is 54.9 Å². The molecule has 0 spiro atoms. The summed E-state index contributed by atoms with van der Waals surface area (Å²) in [6.07, 6.45) is 0.963. The lowest BCUT2D eigenvalue weighted by atomic mass is 10.1. The van der Waals surface area contributed by atoms with Crippen LogP contribution in [0, 0.1) is 6.92 Å². The first-order chi connectivity index (χ1) is 16.1. The molecule has 33 heavy (non-hydrogen) atoms. The number of rotatable bonds is 7. The first-order valence-corrected chi connectivity index (χ1v) is 12.3. The van der Waals surface area contributed by atoms with Crippen molar-refractivity contribution in [1.82, 2.24) is 14.8 Å². The van der Waals surface area contributed by atoms with Gasteiger partial charge in [0.05, 0.1) is 19.4 Å². The molecule has 1 aliphatic rings. The van der Waals surface area contributed by atoms with Gasteiger partial charge >= 0.3 is 0 Å². The molecule has 0 saturated carbocycles. The van der Waals surface area contributed by atoms with Crippen LogP contribution in [0.25, 0.3) is 10.6 Å². The van der Waals surface area contributed by atoms with Crippen molar-refractivity contribution in [1.29, 1.82) is 0 Å². The van der Waals surface area contributed by atoms with E-state index in [9.17, 15) is 4.79 Å². The highest BCUT2D eigenvalue weighted by molar-refractivity contribution is 7.13. The van der Waals surface area contributed by atoms with Gasteiger partial charge < -0.3 is 14.4 Å². The van der Waals surface area contributed by atoms with Crippen LogP contribution in [-0.4, -0.2) is 60.6 Å². The monoisotopic (exact) mass is 465 g/mol. The second-order valence-corrected chi connectivity index (χ2v) is 9.09. The van der Waals surface area contributed by atoms with Crippen molar-refractivity contribution in [2.24, 2.45) is 0 Å². The molecule has 0 atom stereocenters. The SMILES string of the molecule is CCOc1ccc(-c2nc(CN3CCCN(C(=O)c4cccc(C)c4)CC3)cs2)cc1OC. The summed E-state index contributed by atoms with van der Waals surface area (Å²) in [7, 11) is 1.65. The summed E-state index contributed by atoms with van der Waals surface area (Å²) in [5.74, 6) is 1.59. The molecule has 0 aliphatic carbocycles. The number of hydrogen-bond donors (Lipinski definition) is 0. The van der Waals surface area contributed by atoms with Gasteiger partial charge in [-0.05, 0) is 50.6 Å².